The zero-order valence-corrected chi connectivity index (χ0v) is 15.2. The fraction of sp³-hybridized carbons (Fsp3) is 0.222. The second-order valence-electron chi connectivity index (χ2n) is 6.07. The number of hydrogen-bond acceptors (Lipinski definition) is 3. The molecule has 0 spiro atoms. The first kappa shape index (κ1) is 17.0. The van der Waals surface area contributed by atoms with Crippen LogP contribution in [0.3, 0.4) is 0 Å². The van der Waals surface area contributed by atoms with Crippen molar-refractivity contribution < 1.29 is 14.0 Å². The third-order valence-electron chi connectivity index (χ3n) is 4.51. The summed E-state index contributed by atoms with van der Waals surface area (Å²) in [5, 5.41) is 0.606. The number of carbonyl (C=O) groups excluding carboxylic acids is 2. The maximum absolute atomic E-state index is 12.7. The highest BCUT2D eigenvalue weighted by atomic mass is 35.5. The summed E-state index contributed by atoms with van der Waals surface area (Å²) in [6.07, 6.45) is 1.57. The maximum atomic E-state index is 12.7. The lowest BCUT2D eigenvalue weighted by molar-refractivity contribution is 0.0533. The third-order valence-corrected chi connectivity index (χ3v) is 5.33. The van der Waals surface area contributed by atoms with Gasteiger partial charge in [0.25, 0.3) is 11.8 Å². The topological polar surface area (TPSA) is 69.6 Å². The number of amides is 2. The molecule has 0 aliphatic carbocycles. The van der Waals surface area contributed by atoms with E-state index in [1.165, 1.54) is 0 Å². The third kappa shape index (κ3) is 2.95. The van der Waals surface area contributed by atoms with Crippen molar-refractivity contribution >= 4 is 46.1 Å². The van der Waals surface area contributed by atoms with Crippen molar-refractivity contribution in [1.82, 2.24) is 14.8 Å². The van der Waals surface area contributed by atoms with Crippen LogP contribution in [0.2, 0.25) is 10.0 Å². The Hall–Kier alpha value is -2.44. The fourth-order valence-electron chi connectivity index (χ4n) is 3.09. The molecular formula is C18H15Cl2N3O3. The fourth-order valence-corrected chi connectivity index (χ4v) is 3.47. The van der Waals surface area contributed by atoms with E-state index in [0.717, 1.165) is 5.52 Å². The summed E-state index contributed by atoms with van der Waals surface area (Å²) in [6.45, 7) is 1.76. The van der Waals surface area contributed by atoms with Gasteiger partial charge in [0.1, 0.15) is 5.69 Å². The van der Waals surface area contributed by atoms with Crippen LogP contribution in [-0.2, 0) is 0 Å². The number of hydrogen-bond donors (Lipinski definition) is 1. The normalized spacial score (nSPS) is 14.8. The lowest BCUT2D eigenvalue weighted by Crippen LogP contribution is -2.50. The smallest absolute Gasteiger partial charge is 0.270 e. The molecular weight excluding hydrogens is 377 g/mol. The minimum atomic E-state index is -0.179. The van der Waals surface area contributed by atoms with Gasteiger partial charge in [-0.3, -0.25) is 9.59 Å². The van der Waals surface area contributed by atoms with Crippen molar-refractivity contribution in [3.8, 4) is 0 Å². The molecule has 0 saturated carbocycles. The van der Waals surface area contributed by atoms with Gasteiger partial charge in [-0.1, -0.05) is 29.3 Å². The van der Waals surface area contributed by atoms with Gasteiger partial charge in [-0.25, -0.2) is 0 Å². The number of fused-ring (bicyclic) bond motifs is 1. The molecule has 26 heavy (non-hydrogen) atoms. The van der Waals surface area contributed by atoms with E-state index >= 15 is 0 Å². The quantitative estimate of drug-likeness (QED) is 0.724. The van der Waals surface area contributed by atoms with Gasteiger partial charge in [0.05, 0.1) is 27.4 Å². The lowest BCUT2D eigenvalue weighted by atomic mass is 10.1. The first-order chi connectivity index (χ1) is 12.5. The van der Waals surface area contributed by atoms with Crippen molar-refractivity contribution in [2.75, 3.05) is 26.2 Å². The second-order valence-corrected chi connectivity index (χ2v) is 6.85. The summed E-state index contributed by atoms with van der Waals surface area (Å²) >= 11 is 12.1. The predicted molar refractivity (Wildman–Crippen MR) is 98.8 cm³/mol. The summed E-state index contributed by atoms with van der Waals surface area (Å²) < 4.78 is 5.28. The average molecular weight is 392 g/mol. The molecule has 134 valence electrons. The number of carbonyl (C=O) groups is 2. The first-order valence-corrected chi connectivity index (χ1v) is 8.89. The van der Waals surface area contributed by atoms with Crippen LogP contribution in [0.4, 0.5) is 0 Å². The molecule has 1 aliphatic heterocycles. The molecule has 3 heterocycles. The number of aromatic nitrogens is 1. The molecule has 0 atom stereocenters. The van der Waals surface area contributed by atoms with Crippen molar-refractivity contribution in [2.45, 2.75) is 0 Å². The largest absolute Gasteiger partial charge is 0.463 e. The summed E-state index contributed by atoms with van der Waals surface area (Å²) in [4.78, 5) is 31.7. The number of benzene rings is 1. The van der Waals surface area contributed by atoms with Crippen molar-refractivity contribution in [1.29, 1.82) is 0 Å². The number of aromatic amines is 1. The van der Waals surface area contributed by atoms with Gasteiger partial charge in [0.2, 0.25) is 0 Å². The Balaban J connectivity index is 1.43. The van der Waals surface area contributed by atoms with Gasteiger partial charge in [-0.05, 0) is 12.1 Å². The van der Waals surface area contributed by atoms with Crippen LogP contribution in [-0.4, -0.2) is 52.8 Å². The standard InChI is InChI=1S/C18H15Cl2N3O3/c19-12-3-1-2-11(16(12)20)17(24)22-5-7-23(8-6-22)18(25)14-10-15-13(21-14)4-9-26-15/h1-4,9-10,21H,5-8H2. The first-order valence-electron chi connectivity index (χ1n) is 8.13. The van der Waals surface area contributed by atoms with E-state index in [1.807, 2.05) is 0 Å². The van der Waals surface area contributed by atoms with Crippen LogP contribution in [0.1, 0.15) is 20.8 Å². The average Bonchev–Trinajstić information content (AvgIpc) is 3.25. The van der Waals surface area contributed by atoms with Gasteiger partial charge in [0, 0.05) is 38.3 Å². The van der Waals surface area contributed by atoms with Gasteiger partial charge >= 0.3 is 0 Å². The van der Waals surface area contributed by atoms with Gasteiger partial charge < -0.3 is 19.2 Å². The van der Waals surface area contributed by atoms with Gasteiger partial charge in [0.15, 0.2) is 5.58 Å². The number of nitrogens with zero attached hydrogens (tertiary/aromatic N) is 2. The Morgan fingerprint density at radius 2 is 1.69 bits per heavy atom. The van der Waals surface area contributed by atoms with E-state index < -0.39 is 0 Å². The molecule has 6 nitrogen and oxygen atoms in total. The number of H-pyrrole nitrogens is 1. The van der Waals surface area contributed by atoms with E-state index in [2.05, 4.69) is 4.98 Å². The summed E-state index contributed by atoms with van der Waals surface area (Å²) in [6, 6.07) is 8.46. The molecule has 1 fully saturated rings. The molecule has 0 radical (unpaired) electrons. The lowest BCUT2D eigenvalue weighted by Gasteiger charge is -2.34. The van der Waals surface area contributed by atoms with Crippen molar-refractivity contribution in [3.05, 3.63) is 57.9 Å². The summed E-state index contributed by atoms with van der Waals surface area (Å²) in [7, 11) is 0. The highest BCUT2D eigenvalue weighted by molar-refractivity contribution is 6.43. The highest BCUT2D eigenvalue weighted by Gasteiger charge is 2.27. The number of piperazine rings is 1. The zero-order valence-electron chi connectivity index (χ0n) is 13.7. The minimum absolute atomic E-state index is 0.107. The SMILES string of the molecule is O=C(c1cc2occc2[nH]1)N1CCN(C(=O)c2cccc(Cl)c2Cl)CC1. The molecule has 2 amide bonds. The van der Waals surface area contributed by atoms with E-state index in [0.29, 0.717) is 48.0 Å². The number of rotatable bonds is 2. The Labute approximate surface area is 159 Å². The van der Waals surface area contributed by atoms with E-state index in [1.54, 1.807) is 46.4 Å². The zero-order chi connectivity index (χ0) is 18.3. The molecule has 1 saturated heterocycles. The molecule has 0 bridgehead atoms. The Kier molecular flexibility index (Phi) is 4.38. The van der Waals surface area contributed by atoms with E-state index in [-0.39, 0.29) is 16.8 Å². The maximum Gasteiger partial charge on any atom is 0.270 e. The molecule has 0 unspecified atom stereocenters. The van der Waals surface area contributed by atoms with Crippen LogP contribution in [0.15, 0.2) is 41.0 Å². The molecule has 1 aromatic carbocycles. The number of halogens is 2. The Morgan fingerprint density at radius 3 is 2.38 bits per heavy atom. The van der Waals surface area contributed by atoms with Crippen LogP contribution >= 0.6 is 23.2 Å². The highest BCUT2D eigenvalue weighted by Crippen LogP contribution is 2.27. The molecule has 3 aromatic rings. The van der Waals surface area contributed by atoms with Crippen LogP contribution in [0, 0.1) is 0 Å². The van der Waals surface area contributed by atoms with E-state index in [4.69, 9.17) is 27.6 Å². The Morgan fingerprint density at radius 1 is 1.00 bits per heavy atom. The molecule has 8 heteroatoms. The monoisotopic (exact) mass is 391 g/mol. The van der Waals surface area contributed by atoms with Crippen molar-refractivity contribution in [2.24, 2.45) is 0 Å². The minimum Gasteiger partial charge on any atom is -0.463 e. The van der Waals surface area contributed by atoms with Crippen LogP contribution in [0.25, 0.3) is 11.1 Å². The summed E-state index contributed by atoms with van der Waals surface area (Å²) in [5.74, 6) is -0.286. The molecule has 1 aliphatic rings. The van der Waals surface area contributed by atoms with Gasteiger partial charge in [-0.2, -0.15) is 0 Å². The number of furan rings is 1. The molecule has 4 rings (SSSR count). The molecule has 1 N–H and O–H groups in total. The van der Waals surface area contributed by atoms with Crippen LogP contribution < -0.4 is 0 Å². The van der Waals surface area contributed by atoms with Gasteiger partial charge in [-0.15, -0.1) is 0 Å². The Bertz CT molecular complexity index is 958. The van der Waals surface area contributed by atoms with Crippen LogP contribution in [0.5, 0.6) is 0 Å². The molecule has 2 aromatic heterocycles. The predicted octanol–water partition coefficient (Wildman–Crippen LogP) is 3.67. The number of nitrogens with one attached hydrogen (secondary N) is 1. The van der Waals surface area contributed by atoms with Crippen molar-refractivity contribution in [3.63, 3.8) is 0 Å². The van der Waals surface area contributed by atoms with E-state index in [9.17, 15) is 9.59 Å². The second kappa shape index (κ2) is 6.70. The summed E-state index contributed by atoms with van der Waals surface area (Å²) in [5.41, 5.74) is 2.30.